The first-order chi connectivity index (χ1) is 12.7. The van der Waals surface area contributed by atoms with Crippen molar-refractivity contribution in [1.29, 1.82) is 0 Å². The molecule has 0 bridgehead atoms. The van der Waals surface area contributed by atoms with Crippen molar-refractivity contribution in [2.45, 2.75) is 19.5 Å². The number of carbonyl (C=O) groups excluding carboxylic acids is 2. The molecule has 1 atom stereocenters. The summed E-state index contributed by atoms with van der Waals surface area (Å²) in [5.41, 5.74) is 2.01. The smallest absolute Gasteiger partial charge is 0.231 e. The van der Waals surface area contributed by atoms with Gasteiger partial charge < -0.3 is 19.7 Å². The molecule has 0 radical (unpaired) electrons. The van der Waals surface area contributed by atoms with Gasteiger partial charge in [0.05, 0.1) is 5.92 Å². The van der Waals surface area contributed by atoms with Crippen molar-refractivity contribution >= 4 is 11.8 Å². The number of hydrogen-bond acceptors (Lipinski definition) is 4. The molecule has 0 saturated carbocycles. The van der Waals surface area contributed by atoms with Gasteiger partial charge in [-0.05, 0) is 23.3 Å². The maximum atomic E-state index is 12.5. The van der Waals surface area contributed by atoms with Gasteiger partial charge in [0.25, 0.3) is 0 Å². The van der Waals surface area contributed by atoms with Gasteiger partial charge in [0, 0.05) is 26.1 Å². The second kappa shape index (κ2) is 7.07. The normalized spacial score (nSPS) is 18.2. The van der Waals surface area contributed by atoms with Crippen LogP contribution in [0.4, 0.5) is 0 Å². The number of nitrogens with zero attached hydrogens (tertiary/aromatic N) is 1. The Hall–Kier alpha value is -3.02. The summed E-state index contributed by atoms with van der Waals surface area (Å²) >= 11 is 0. The standard InChI is InChI=1S/C20H20N2O4/c23-19-9-16(12-22(19)11-14-4-2-1-3-5-14)20(24)21-10-15-6-7-17-18(8-15)26-13-25-17/h1-8,16H,9-13H2,(H,21,24). The Kier molecular flexibility index (Phi) is 4.48. The van der Waals surface area contributed by atoms with Crippen molar-refractivity contribution in [3.8, 4) is 11.5 Å². The van der Waals surface area contributed by atoms with Crippen LogP contribution in [0.3, 0.4) is 0 Å². The zero-order chi connectivity index (χ0) is 17.9. The van der Waals surface area contributed by atoms with Gasteiger partial charge in [-0.1, -0.05) is 36.4 Å². The minimum atomic E-state index is -0.305. The molecule has 2 aromatic carbocycles. The fraction of sp³-hybridized carbons (Fsp3) is 0.300. The Morgan fingerprint density at radius 3 is 2.73 bits per heavy atom. The molecule has 0 aliphatic carbocycles. The van der Waals surface area contributed by atoms with Crippen LogP contribution in [0.5, 0.6) is 11.5 Å². The fourth-order valence-electron chi connectivity index (χ4n) is 3.29. The summed E-state index contributed by atoms with van der Waals surface area (Å²) in [6.45, 7) is 1.64. The fourth-order valence-corrected chi connectivity index (χ4v) is 3.29. The maximum absolute atomic E-state index is 12.5. The molecule has 1 N–H and O–H groups in total. The van der Waals surface area contributed by atoms with Crippen molar-refractivity contribution < 1.29 is 19.1 Å². The summed E-state index contributed by atoms with van der Waals surface area (Å²) in [7, 11) is 0. The zero-order valence-corrected chi connectivity index (χ0v) is 14.3. The summed E-state index contributed by atoms with van der Waals surface area (Å²) in [6.07, 6.45) is 0.264. The minimum absolute atomic E-state index is 0.0251. The predicted octanol–water partition coefficient (Wildman–Crippen LogP) is 2.08. The van der Waals surface area contributed by atoms with Crippen LogP contribution in [0.15, 0.2) is 48.5 Å². The number of fused-ring (bicyclic) bond motifs is 1. The van der Waals surface area contributed by atoms with E-state index in [1.807, 2.05) is 48.5 Å². The van der Waals surface area contributed by atoms with Crippen molar-refractivity contribution in [3.05, 3.63) is 59.7 Å². The molecule has 2 aromatic rings. The number of carbonyl (C=O) groups is 2. The van der Waals surface area contributed by atoms with E-state index in [0.717, 1.165) is 16.9 Å². The topological polar surface area (TPSA) is 67.9 Å². The van der Waals surface area contributed by atoms with Gasteiger partial charge in [0.2, 0.25) is 18.6 Å². The molecule has 0 spiro atoms. The maximum Gasteiger partial charge on any atom is 0.231 e. The molecule has 26 heavy (non-hydrogen) atoms. The SMILES string of the molecule is O=C(NCc1ccc2c(c1)OCO2)C1CC(=O)N(Cc2ccccc2)C1. The molecule has 1 saturated heterocycles. The molecule has 1 unspecified atom stereocenters. The third kappa shape index (κ3) is 3.49. The molecule has 134 valence electrons. The molecule has 6 nitrogen and oxygen atoms in total. The molecule has 2 aliphatic rings. The minimum Gasteiger partial charge on any atom is -0.454 e. The number of hydrogen-bond donors (Lipinski definition) is 1. The van der Waals surface area contributed by atoms with Crippen molar-refractivity contribution in [3.63, 3.8) is 0 Å². The lowest BCUT2D eigenvalue weighted by Gasteiger charge is -2.16. The van der Waals surface area contributed by atoms with Crippen molar-refractivity contribution in [1.82, 2.24) is 10.2 Å². The van der Waals surface area contributed by atoms with Crippen LogP contribution >= 0.6 is 0 Å². The van der Waals surface area contributed by atoms with Crippen molar-refractivity contribution in [2.75, 3.05) is 13.3 Å². The monoisotopic (exact) mass is 352 g/mol. The molecular formula is C20H20N2O4. The number of ether oxygens (including phenoxy) is 2. The predicted molar refractivity (Wildman–Crippen MR) is 94.4 cm³/mol. The van der Waals surface area contributed by atoms with E-state index in [1.54, 1.807) is 4.90 Å². The third-order valence-electron chi connectivity index (χ3n) is 4.71. The largest absolute Gasteiger partial charge is 0.454 e. The van der Waals surface area contributed by atoms with Crippen LogP contribution in [0, 0.1) is 5.92 Å². The first kappa shape index (κ1) is 16.4. The summed E-state index contributed by atoms with van der Waals surface area (Å²) in [6, 6.07) is 15.4. The van der Waals surface area contributed by atoms with Crippen LogP contribution in [0.25, 0.3) is 0 Å². The number of rotatable bonds is 5. The van der Waals surface area contributed by atoms with E-state index in [2.05, 4.69) is 5.32 Å². The highest BCUT2D eigenvalue weighted by Gasteiger charge is 2.34. The van der Waals surface area contributed by atoms with E-state index < -0.39 is 0 Å². The Labute approximate surface area is 151 Å². The lowest BCUT2D eigenvalue weighted by molar-refractivity contribution is -0.129. The van der Waals surface area contributed by atoms with Crippen molar-refractivity contribution in [2.24, 2.45) is 5.92 Å². The highest BCUT2D eigenvalue weighted by Crippen LogP contribution is 2.32. The Morgan fingerprint density at radius 1 is 1.08 bits per heavy atom. The average molecular weight is 352 g/mol. The quantitative estimate of drug-likeness (QED) is 0.895. The molecule has 0 aromatic heterocycles. The number of likely N-dealkylation sites (tertiary alicyclic amines) is 1. The summed E-state index contributed by atoms with van der Waals surface area (Å²) in [4.78, 5) is 26.4. The van der Waals surface area contributed by atoms with Gasteiger partial charge in [-0.25, -0.2) is 0 Å². The average Bonchev–Trinajstić information content (AvgIpc) is 3.27. The lowest BCUT2D eigenvalue weighted by atomic mass is 10.1. The van der Waals surface area contributed by atoms with Crippen LogP contribution in [-0.2, 0) is 22.7 Å². The first-order valence-corrected chi connectivity index (χ1v) is 8.67. The molecule has 2 aliphatic heterocycles. The van der Waals surface area contributed by atoms with E-state index in [1.165, 1.54) is 0 Å². The van der Waals surface area contributed by atoms with Gasteiger partial charge >= 0.3 is 0 Å². The zero-order valence-electron chi connectivity index (χ0n) is 14.3. The molecular weight excluding hydrogens is 332 g/mol. The van der Waals surface area contributed by atoms with Gasteiger partial charge in [-0.15, -0.1) is 0 Å². The molecule has 1 fully saturated rings. The van der Waals surface area contributed by atoms with E-state index in [4.69, 9.17) is 9.47 Å². The third-order valence-corrected chi connectivity index (χ3v) is 4.71. The lowest BCUT2D eigenvalue weighted by Crippen LogP contribution is -2.32. The molecule has 6 heteroatoms. The Bertz CT molecular complexity index is 822. The van der Waals surface area contributed by atoms with Crippen LogP contribution in [-0.4, -0.2) is 30.1 Å². The van der Waals surface area contributed by atoms with E-state index >= 15 is 0 Å². The second-order valence-electron chi connectivity index (χ2n) is 6.57. The molecule has 4 rings (SSSR count). The van der Waals surface area contributed by atoms with E-state index in [9.17, 15) is 9.59 Å². The van der Waals surface area contributed by atoms with Crippen LogP contribution in [0.2, 0.25) is 0 Å². The number of benzene rings is 2. The first-order valence-electron chi connectivity index (χ1n) is 8.67. The number of nitrogens with one attached hydrogen (secondary N) is 1. The van der Waals surface area contributed by atoms with Crippen LogP contribution in [0.1, 0.15) is 17.5 Å². The number of amides is 2. The summed E-state index contributed by atoms with van der Waals surface area (Å²) < 4.78 is 10.6. The van der Waals surface area contributed by atoms with E-state index in [0.29, 0.717) is 25.4 Å². The van der Waals surface area contributed by atoms with E-state index in [-0.39, 0.29) is 30.9 Å². The summed E-state index contributed by atoms with van der Waals surface area (Å²) in [5.74, 6) is 1.05. The Balaban J connectivity index is 1.32. The highest BCUT2D eigenvalue weighted by molar-refractivity contribution is 5.89. The second-order valence-corrected chi connectivity index (χ2v) is 6.57. The van der Waals surface area contributed by atoms with Crippen LogP contribution < -0.4 is 14.8 Å². The Morgan fingerprint density at radius 2 is 1.88 bits per heavy atom. The van der Waals surface area contributed by atoms with Gasteiger partial charge in [0.1, 0.15) is 0 Å². The van der Waals surface area contributed by atoms with Gasteiger partial charge in [0.15, 0.2) is 11.5 Å². The highest BCUT2D eigenvalue weighted by atomic mass is 16.7. The van der Waals surface area contributed by atoms with Gasteiger partial charge in [-0.3, -0.25) is 9.59 Å². The van der Waals surface area contributed by atoms with Gasteiger partial charge in [-0.2, -0.15) is 0 Å². The summed E-state index contributed by atoms with van der Waals surface area (Å²) in [5, 5.41) is 2.92. The molecule has 2 amide bonds. The molecule has 2 heterocycles.